The Labute approximate surface area is 126 Å². The molecule has 110 valence electrons. The van der Waals surface area contributed by atoms with E-state index in [1.807, 2.05) is 12.1 Å². The van der Waals surface area contributed by atoms with E-state index >= 15 is 0 Å². The number of anilines is 1. The SMILES string of the molecule is CCN1CCC(N(C)c2ccc(C(=N)N)cc2Cl)CC1. The summed E-state index contributed by atoms with van der Waals surface area (Å²) >= 11 is 6.34. The molecule has 0 aliphatic carbocycles. The number of nitrogens with zero attached hydrogens (tertiary/aromatic N) is 2. The van der Waals surface area contributed by atoms with Crippen molar-refractivity contribution in [2.24, 2.45) is 5.73 Å². The topological polar surface area (TPSA) is 56.4 Å². The van der Waals surface area contributed by atoms with E-state index in [0.29, 0.717) is 16.6 Å². The molecule has 20 heavy (non-hydrogen) atoms. The summed E-state index contributed by atoms with van der Waals surface area (Å²) in [4.78, 5) is 4.74. The number of halogens is 1. The molecule has 1 fully saturated rings. The second-order valence-electron chi connectivity index (χ2n) is 5.36. The van der Waals surface area contributed by atoms with Gasteiger partial charge in [0.15, 0.2) is 0 Å². The molecule has 0 bridgehead atoms. The van der Waals surface area contributed by atoms with Crippen molar-refractivity contribution in [3.8, 4) is 0 Å². The van der Waals surface area contributed by atoms with Crippen molar-refractivity contribution in [1.82, 2.24) is 4.90 Å². The predicted octanol–water partition coefficient (Wildman–Crippen LogP) is 2.54. The predicted molar refractivity (Wildman–Crippen MR) is 86.0 cm³/mol. The zero-order chi connectivity index (χ0) is 14.7. The third-order valence-corrected chi connectivity index (χ3v) is 4.49. The van der Waals surface area contributed by atoms with Crippen molar-refractivity contribution in [2.75, 3.05) is 31.6 Å². The van der Waals surface area contributed by atoms with Crippen molar-refractivity contribution in [3.05, 3.63) is 28.8 Å². The molecule has 0 spiro atoms. The molecular weight excluding hydrogens is 272 g/mol. The normalized spacial score (nSPS) is 17.1. The quantitative estimate of drug-likeness (QED) is 0.663. The van der Waals surface area contributed by atoms with Crippen LogP contribution in [0.15, 0.2) is 18.2 Å². The lowest BCUT2D eigenvalue weighted by atomic mass is 10.0. The fraction of sp³-hybridized carbons (Fsp3) is 0.533. The minimum Gasteiger partial charge on any atom is -0.384 e. The van der Waals surface area contributed by atoms with Crippen molar-refractivity contribution < 1.29 is 0 Å². The molecule has 1 aliphatic heterocycles. The number of hydrogen-bond acceptors (Lipinski definition) is 3. The van der Waals surface area contributed by atoms with Gasteiger partial charge in [-0.05, 0) is 37.6 Å². The van der Waals surface area contributed by atoms with Gasteiger partial charge >= 0.3 is 0 Å². The van der Waals surface area contributed by atoms with Gasteiger partial charge in [0.05, 0.1) is 10.7 Å². The summed E-state index contributed by atoms with van der Waals surface area (Å²) in [5.74, 6) is 0.0531. The highest BCUT2D eigenvalue weighted by Crippen LogP contribution is 2.29. The van der Waals surface area contributed by atoms with E-state index in [2.05, 4.69) is 23.8 Å². The maximum Gasteiger partial charge on any atom is 0.122 e. The maximum absolute atomic E-state index is 7.45. The molecule has 0 atom stereocenters. The Morgan fingerprint density at radius 3 is 2.60 bits per heavy atom. The molecule has 1 aromatic carbocycles. The number of nitrogens with one attached hydrogen (secondary N) is 1. The van der Waals surface area contributed by atoms with E-state index < -0.39 is 0 Å². The molecule has 0 radical (unpaired) electrons. The molecule has 0 unspecified atom stereocenters. The van der Waals surface area contributed by atoms with E-state index in [9.17, 15) is 0 Å². The summed E-state index contributed by atoms with van der Waals surface area (Å²) in [6.07, 6.45) is 2.32. The van der Waals surface area contributed by atoms with Gasteiger partial charge in [0.2, 0.25) is 0 Å². The smallest absolute Gasteiger partial charge is 0.122 e. The fourth-order valence-electron chi connectivity index (χ4n) is 2.78. The van der Waals surface area contributed by atoms with E-state index in [1.54, 1.807) is 6.07 Å². The van der Waals surface area contributed by atoms with Crippen LogP contribution in [0.5, 0.6) is 0 Å². The number of hydrogen-bond donors (Lipinski definition) is 2. The van der Waals surface area contributed by atoms with Crippen LogP contribution in [-0.4, -0.2) is 43.5 Å². The Morgan fingerprint density at radius 1 is 1.45 bits per heavy atom. The first-order valence-electron chi connectivity index (χ1n) is 7.12. The Balaban J connectivity index is 2.09. The molecule has 0 aromatic heterocycles. The first-order valence-corrected chi connectivity index (χ1v) is 7.49. The molecule has 1 heterocycles. The average Bonchev–Trinajstić information content (AvgIpc) is 2.46. The molecule has 1 aliphatic rings. The van der Waals surface area contributed by atoms with Crippen molar-refractivity contribution >= 4 is 23.1 Å². The fourth-order valence-corrected chi connectivity index (χ4v) is 3.09. The molecule has 0 saturated carbocycles. The Hall–Kier alpha value is -1.26. The van der Waals surface area contributed by atoms with Crippen LogP contribution in [0.4, 0.5) is 5.69 Å². The summed E-state index contributed by atoms with van der Waals surface area (Å²) in [6.45, 7) is 5.63. The molecule has 5 heteroatoms. The molecule has 3 N–H and O–H groups in total. The van der Waals surface area contributed by atoms with Crippen molar-refractivity contribution in [1.29, 1.82) is 5.41 Å². The minimum atomic E-state index is 0.0531. The van der Waals surface area contributed by atoms with Crippen LogP contribution in [0.2, 0.25) is 5.02 Å². The first kappa shape index (κ1) is 15.1. The number of benzene rings is 1. The summed E-state index contributed by atoms with van der Waals surface area (Å²) in [5.41, 5.74) is 7.18. The van der Waals surface area contributed by atoms with Gasteiger partial charge in [0.25, 0.3) is 0 Å². The number of nitrogens with two attached hydrogens (primary N) is 1. The van der Waals surface area contributed by atoms with Crippen molar-refractivity contribution in [2.45, 2.75) is 25.8 Å². The molecule has 1 saturated heterocycles. The Kier molecular flexibility index (Phi) is 4.89. The van der Waals surface area contributed by atoms with Gasteiger partial charge in [-0.15, -0.1) is 0 Å². The van der Waals surface area contributed by atoms with Gasteiger partial charge in [0, 0.05) is 31.7 Å². The van der Waals surface area contributed by atoms with Crippen LogP contribution in [0.1, 0.15) is 25.3 Å². The van der Waals surface area contributed by atoms with Gasteiger partial charge in [-0.3, -0.25) is 5.41 Å². The minimum absolute atomic E-state index is 0.0531. The lowest BCUT2D eigenvalue weighted by molar-refractivity contribution is 0.221. The zero-order valence-electron chi connectivity index (χ0n) is 12.2. The third-order valence-electron chi connectivity index (χ3n) is 4.19. The zero-order valence-corrected chi connectivity index (χ0v) is 13.0. The Morgan fingerprint density at radius 2 is 2.10 bits per heavy atom. The van der Waals surface area contributed by atoms with Crippen LogP contribution in [-0.2, 0) is 0 Å². The second-order valence-corrected chi connectivity index (χ2v) is 5.76. The lowest BCUT2D eigenvalue weighted by Gasteiger charge is -2.37. The lowest BCUT2D eigenvalue weighted by Crippen LogP contribution is -2.43. The standard InChI is InChI=1S/C15H23ClN4/c1-3-20-8-6-12(7-9-20)19(2)14-5-4-11(15(17)18)10-13(14)16/h4-5,10,12H,3,6-9H2,1-2H3,(H3,17,18). The van der Waals surface area contributed by atoms with Crippen LogP contribution in [0, 0.1) is 5.41 Å². The van der Waals surface area contributed by atoms with E-state index in [0.717, 1.165) is 38.2 Å². The molecule has 1 aromatic rings. The highest BCUT2D eigenvalue weighted by atomic mass is 35.5. The van der Waals surface area contributed by atoms with E-state index in [1.165, 1.54) is 0 Å². The van der Waals surface area contributed by atoms with Gasteiger partial charge < -0.3 is 15.5 Å². The molecule has 0 amide bonds. The monoisotopic (exact) mass is 294 g/mol. The highest BCUT2D eigenvalue weighted by molar-refractivity contribution is 6.33. The van der Waals surface area contributed by atoms with Gasteiger partial charge in [-0.2, -0.15) is 0 Å². The van der Waals surface area contributed by atoms with Gasteiger partial charge in [-0.1, -0.05) is 18.5 Å². The number of nitrogen functional groups attached to an aromatic ring is 1. The second kappa shape index (κ2) is 6.46. The average molecular weight is 295 g/mol. The van der Waals surface area contributed by atoms with Crippen LogP contribution < -0.4 is 10.6 Å². The Bertz CT molecular complexity index is 481. The number of piperidine rings is 1. The third kappa shape index (κ3) is 3.25. The number of rotatable bonds is 4. The largest absolute Gasteiger partial charge is 0.384 e. The first-order chi connectivity index (χ1) is 9.52. The molecule has 2 rings (SSSR count). The van der Waals surface area contributed by atoms with Crippen LogP contribution in [0.3, 0.4) is 0 Å². The summed E-state index contributed by atoms with van der Waals surface area (Å²) in [6, 6.07) is 6.13. The maximum atomic E-state index is 7.45. The van der Waals surface area contributed by atoms with Crippen LogP contribution in [0.25, 0.3) is 0 Å². The summed E-state index contributed by atoms with van der Waals surface area (Å²) in [7, 11) is 2.10. The highest BCUT2D eigenvalue weighted by Gasteiger charge is 2.23. The van der Waals surface area contributed by atoms with Gasteiger partial charge in [0.1, 0.15) is 5.84 Å². The molecular formula is C15H23ClN4. The van der Waals surface area contributed by atoms with E-state index in [4.69, 9.17) is 22.7 Å². The summed E-state index contributed by atoms with van der Waals surface area (Å²) < 4.78 is 0. The van der Waals surface area contributed by atoms with Gasteiger partial charge in [-0.25, -0.2) is 0 Å². The summed E-state index contributed by atoms with van der Waals surface area (Å²) in [5, 5.41) is 8.11. The van der Waals surface area contributed by atoms with Crippen LogP contribution >= 0.6 is 11.6 Å². The van der Waals surface area contributed by atoms with E-state index in [-0.39, 0.29) is 5.84 Å². The molecule has 4 nitrogen and oxygen atoms in total. The van der Waals surface area contributed by atoms with Crippen molar-refractivity contribution in [3.63, 3.8) is 0 Å². The number of amidine groups is 1. The number of likely N-dealkylation sites (tertiary alicyclic amines) is 1.